The summed E-state index contributed by atoms with van der Waals surface area (Å²) in [4.78, 5) is 15.5. The second-order valence-electron chi connectivity index (χ2n) is 8.07. The Bertz CT molecular complexity index is 1370. The van der Waals surface area contributed by atoms with Gasteiger partial charge in [-0.2, -0.15) is 0 Å². The summed E-state index contributed by atoms with van der Waals surface area (Å²) in [6.45, 7) is 4.90. The van der Waals surface area contributed by atoms with Crippen molar-refractivity contribution in [1.29, 1.82) is 0 Å². The molecule has 1 saturated heterocycles. The van der Waals surface area contributed by atoms with Crippen LogP contribution in [0.1, 0.15) is 22.3 Å². The average molecular weight is 455 g/mol. The smallest absolute Gasteiger partial charge is 0.270 e. The number of hydrogen-bond donors (Lipinski definition) is 0. The number of carbonyl (C=O) groups excluding carboxylic acids is 1. The van der Waals surface area contributed by atoms with Crippen LogP contribution in [0.4, 0.5) is 5.69 Å². The fourth-order valence-corrected chi connectivity index (χ4v) is 5.23. The summed E-state index contributed by atoms with van der Waals surface area (Å²) in [6.07, 6.45) is 4.10. The van der Waals surface area contributed by atoms with E-state index in [-0.39, 0.29) is 5.91 Å². The van der Waals surface area contributed by atoms with E-state index < -0.39 is 0 Å². The lowest BCUT2D eigenvalue weighted by Gasteiger charge is -2.14. The first kappa shape index (κ1) is 20.7. The number of rotatable bonds is 4. The first-order valence-electron chi connectivity index (χ1n) is 10.5. The summed E-state index contributed by atoms with van der Waals surface area (Å²) in [5.41, 5.74) is 6.63. The lowest BCUT2D eigenvalue weighted by Crippen LogP contribution is -2.27. The molecule has 1 fully saturated rings. The number of aryl methyl sites for hydroxylation is 2. The number of para-hydroxylation sites is 1. The molecule has 5 heteroatoms. The highest BCUT2D eigenvalue weighted by Gasteiger charge is 2.33. The van der Waals surface area contributed by atoms with Gasteiger partial charge in [-0.1, -0.05) is 89.7 Å². The van der Waals surface area contributed by atoms with Crippen molar-refractivity contribution >= 4 is 56.9 Å². The Morgan fingerprint density at radius 1 is 0.906 bits per heavy atom. The molecule has 0 bridgehead atoms. The standard InChI is InChI=1S/C27H22N2OS2/c1-18-7-11-20(12-8-18)16-28-17-21(23-5-3-4-6-24(23)28)15-25-26(30)29(27(31)32-25)22-13-9-19(2)10-14-22/h3-15,17H,16H2,1-2H3/b25-15+. The van der Waals surface area contributed by atoms with E-state index in [2.05, 4.69) is 60.2 Å². The number of amides is 1. The van der Waals surface area contributed by atoms with Gasteiger partial charge in [0.05, 0.1) is 10.6 Å². The molecule has 158 valence electrons. The molecule has 4 aromatic rings. The average Bonchev–Trinajstić information content (AvgIpc) is 3.27. The van der Waals surface area contributed by atoms with Gasteiger partial charge in [0.15, 0.2) is 4.32 Å². The molecular formula is C27H22N2OS2. The monoisotopic (exact) mass is 454 g/mol. The van der Waals surface area contributed by atoms with Crippen LogP contribution >= 0.6 is 24.0 Å². The number of anilines is 1. The fourth-order valence-electron chi connectivity index (χ4n) is 3.94. The van der Waals surface area contributed by atoms with Gasteiger partial charge in [-0.3, -0.25) is 9.69 Å². The molecule has 5 rings (SSSR count). The quantitative estimate of drug-likeness (QED) is 0.253. The maximum absolute atomic E-state index is 13.2. The summed E-state index contributed by atoms with van der Waals surface area (Å²) < 4.78 is 2.81. The van der Waals surface area contributed by atoms with E-state index in [0.29, 0.717) is 9.23 Å². The number of thioether (sulfide) groups is 1. The molecule has 1 aromatic heterocycles. The molecule has 0 radical (unpaired) electrons. The zero-order valence-electron chi connectivity index (χ0n) is 17.9. The highest BCUT2D eigenvalue weighted by atomic mass is 32.2. The Labute approximate surface area is 197 Å². The first-order valence-corrected chi connectivity index (χ1v) is 11.7. The van der Waals surface area contributed by atoms with E-state index in [1.165, 1.54) is 22.9 Å². The van der Waals surface area contributed by atoms with Crippen molar-refractivity contribution < 1.29 is 4.79 Å². The van der Waals surface area contributed by atoms with Crippen LogP contribution in [0.25, 0.3) is 17.0 Å². The third-order valence-corrected chi connectivity index (χ3v) is 6.97. The van der Waals surface area contributed by atoms with Gasteiger partial charge in [0, 0.05) is 29.2 Å². The van der Waals surface area contributed by atoms with Gasteiger partial charge in [0.25, 0.3) is 5.91 Å². The maximum Gasteiger partial charge on any atom is 0.270 e. The zero-order valence-corrected chi connectivity index (χ0v) is 19.5. The molecule has 0 aliphatic carbocycles. The molecule has 1 amide bonds. The topological polar surface area (TPSA) is 25.2 Å². The highest BCUT2D eigenvalue weighted by molar-refractivity contribution is 8.27. The SMILES string of the molecule is Cc1ccc(Cn2cc(/C=C3/SC(=S)N(c4ccc(C)cc4)C3=O)c3ccccc32)cc1. The van der Waals surface area contributed by atoms with E-state index in [1.54, 1.807) is 4.90 Å². The highest BCUT2D eigenvalue weighted by Crippen LogP contribution is 2.37. The van der Waals surface area contributed by atoms with Crippen molar-refractivity contribution in [2.45, 2.75) is 20.4 Å². The minimum absolute atomic E-state index is 0.0702. The van der Waals surface area contributed by atoms with Crippen LogP contribution in [0, 0.1) is 13.8 Å². The van der Waals surface area contributed by atoms with Crippen LogP contribution < -0.4 is 4.90 Å². The van der Waals surface area contributed by atoms with Crippen LogP contribution in [0.2, 0.25) is 0 Å². The van der Waals surface area contributed by atoms with Crippen molar-refractivity contribution in [3.8, 4) is 0 Å². The number of aromatic nitrogens is 1. The van der Waals surface area contributed by atoms with Gasteiger partial charge in [0.1, 0.15) is 0 Å². The molecule has 0 atom stereocenters. The predicted octanol–water partition coefficient (Wildman–Crippen LogP) is 6.71. The lowest BCUT2D eigenvalue weighted by molar-refractivity contribution is -0.113. The molecule has 0 saturated carbocycles. The molecule has 1 aliphatic rings. The van der Waals surface area contributed by atoms with E-state index in [9.17, 15) is 4.79 Å². The molecule has 3 aromatic carbocycles. The Hall–Kier alpha value is -3.15. The molecule has 1 aliphatic heterocycles. The van der Waals surface area contributed by atoms with Crippen LogP contribution in [-0.4, -0.2) is 14.8 Å². The van der Waals surface area contributed by atoms with Crippen molar-refractivity contribution in [3.05, 3.63) is 106 Å². The van der Waals surface area contributed by atoms with Gasteiger partial charge in [-0.15, -0.1) is 0 Å². The van der Waals surface area contributed by atoms with Crippen LogP contribution in [-0.2, 0) is 11.3 Å². The molecule has 32 heavy (non-hydrogen) atoms. The molecule has 3 nitrogen and oxygen atoms in total. The van der Waals surface area contributed by atoms with Gasteiger partial charge < -0.3 is 4.57 Å². The van der Waals surface area contributed by atoms with E-state index in [4.69, 9.17) is 12.2 Å². The third-order valence-electron chi connectivity index (χ3n) is 5.67. The normalized spacial score (nSPS) is 15.3. The maximum atomic E-state index is 13.2. The predicted molar refractivity (Wildman–Crippen MR) is 139 cm³/mol. The van der Waals surface area contributed by atoms with E-state index in [1.807, 2.05) is 43.3 Å². The Morgan fingerprint density at radius 3 is 2.28 bits per heavy atom. The third kappa shape index (κ3) is 3.90. The van der Waals surface area contributed by atoms with Gasteiger partial charge in [-0.05, 0) is 43.7 Å². The van der Waals surface area contributed by atoms with Gasteiger partial charge in [0.2, 0.25) is 0 Å². The number of hydrogen-bond acceptors (Lipinski definition) is 3. The number of thiocarbonyl (C=S) groups is 1. The van der Waals surface area contributed by atoms with Crippen molar-refractivity contribution in [3.63, 3.8) is 0 Å². The fraction of sp³-hybridized carbons (Fsp3) is 0.111. The summed E-state index contributed by atoms with van der Waals surface area (Å²) >= 11 is 6.90. The molecule has 0 N–H and O–H groups in total. The molecular weight excluding hydrogens is 432 g/mol. The number of benzene rings is 3. The Kier molecular flexibility index (Phi) is 5.45. The number of nitrogens with zero attached hydrogens (tertiary/aromatic N) is 2. The Balaban J connectivity index is 1.51. The number of carbonyl (C=O) groups is 1. The van der Waals surface area contributed by atoms with Crippen molar-refractivity contribution in [2.75, 3.05) is 4.90 Å². The zero-order chi connectivity index (χ0) is 22.2. The molecule has 0 unspecified atom stereocenters. The van der Waals surface area contributed by atoms with Gasteiger partial charge >= 0.3 is 0 Å². The molecule has 2 heterocycles. The molecule has 0 spiro atoms. The van der Waals surface area contributed by atoms with Crippen LogP contribution in [0.5, 0.6) is 0 Å². The first-order chi connectivity index (χ1) is 15.5. The van der Waals surface area contributed by atoms with Crippen molar-refractivity contribution in [1.82, 2.24) is 4.57 Å². The van der Waals surface area contributed by atoms with Crippen molar-refractivity contribution in [2.24, 2.45) is 0 Å². The van der Waals surface area contributed by atoms with E-state index in [0.717, 1.165) is 34.3 Å². The minimum atomic E-state index is -0.0702. The van der Waals surface area contributed by atoms with Crippen LogP contribution in [0.15, 0.2) is 83.9 Å². The second-order valence-corrected chi connectivity index (χ2v) is 9.74. The summed E-state index contributed by atoms with van der Waals surface area (Å²) in [5, 5.41) is 1.13. The Morgan fingerprint density at radius 2 is 1.56 bits per heavy atom. The summed E-state index contributed by atoms with van der Waals surface area (Å²) in [6, 6.07) is 24.8. The van der Waals surface area contributed by atoms with Gasteiger partial charge in [-0.25, -0.2) is 0 Å². The summed E-state index contributed by atoms with van der Waals surface area (Å²) in [5.74, 6) is -0.0702. The minimum Gasteiger partial charge on any atom is -0.342 e. The second kappa shape index (κ2) is 8.41. The largest absolute Gasteiger partial charge is 0.342 e. The number of fused-ring (bicyclic) bond motifs is 1. The van der Waals surface area contributed by atoms with E-state index >= 15 is 0 Å². The lowest BCUT2D eigenvalue weighted by atomic mass is 10.1. The summed E-state index contributed by atoms with van der Waals surface area (Å²) in [7, 11) is 0. The van der Waals surface area contributed by atoms with Crippen LogP contribution in [0.3, 0.4) is 0 Å².